The van der Waals surface area contributed by atoms with Crippen molar-refractivity contribution in [3.8, 4) is 0 Å². The van der Waals surface area contributed by atoms with Crippen LogP contribution in [-0.4, -0.2) is 90.3 Å². The third kappa shape index (κ3) is 7.61. The molecule has 1 aromatic rings. The topological polar surface area (TPSA) is 65.3 Å². The van der Waals surface area contributed by atoms with E-state index in [0.29, 0.717) is 0 Å². The molecule has 0 saturated carbocycles. The van der Waals surface area contributed by atoms with Gasteiger partial charge >= 0.3 is 6.09 Å². The third-order valence-corrected chi connectivity index (χ3v) is 4.98. The van der Waals surface area contributed by atoms with Crippen molar-refractivity contribution in [2.45, 2.75) is 39.3 Å². The minimum atomic E-state index is -0.439. The molecule has 0 aromatic carbocycles. The van der Waals surface area contributed by atoms with Crippen molar-refractivity contribution in [3.63, 3.8) is 0 Å². The maximum atomic E-state index is 12.1. The maximum Gasteiger partial charge on any atom is 0.410 e. The van der Waals surface area contributed by atoms with Crippen molar-refractivity contribution in [3.05, 3.63) is 24.0 Å². The lowest BCUT2D eigenvalue weighted by atomic mass is 10.2. The standard InChI is InChI=1S/C21H38N6O2/c1-21(2,3)29-20(28)27-15-13-26(14-16-27)12-8-10-23-19(22-4)25(6)17-18-9-7-11-24(18)5/h7,9,11H,8,10,12-17H2,1-6H3,(H,22,23). The fourth-order valence-electron chi connectivity index (χ4n) is 3.35. The smallest absolute Gasteiger partial charge is 0.410 e. The normalized spacial score (nSPS) is 16.1. The van der Waals surface area contributed by atoms with Gasteiger partial charge in [-0.2, -0.15) is 0 Å². The molecule has 0 aliphatic carbocycles. The van der Waals surface area contributed by atoms with Gasteiger partial charge in [-0.15, -0.1) is 0 Å². The first-order valence-electron chi connectivity index (χ1n) is 10.4. The van der Waals surface area contributed by atoms with Crippen LogP contribution in [0.25, 0.3) is 0 Å². The summed E-state index contributed by atoms with van der Waals surface area (Å²) in [6.07, 6.45) is 2.88. The second kappa shape index (κ2) is 10.5. The van der Waals surface area contributed by atoms with Crippen molar-refractivity contribution in [1.29, 1.82) is 0 Å². The summed E-state index contributed by atoms with van der Waals surface area (Å²) in [5.74, 6) is 0.904. The van der Waals surface area contributed by atoms with Crippen molar-refractivity contribution in [2.75, 3.05) is 53.4 Å². The molecule has 164 valence electrons. The Morgan fingerprint density at radius 3 is 2.52 bits per heavy atom. The van der Waals surface area contributed by atoms with Crippen LogP contribution in [0.2, 0.25) is 0 Å². The van der Waals surface area contributed by atoms with Gasteiger partial charge in [-0.25, -0.2) is 4.79 Å². The minimum absolute atomic E-state index is 0.205. The van der Waals surface area contributed by atoms with Gasteiger partial charge in [-0.05, 0) is 45.9 Å². The molecule has 0 atom stereocenters. The predicted octanol–water partition coefficient (Wildman–Crippen LogP) is 1.98. The quantitative estimate of drug-likeness (QED) is 0.445. The number of aliphatic imine (C=N–C) groups is 1. The third-order valence-electron chi connectivity index (χ3n) is 4.98. The predicted molar refractivity (Wildman–Crippen MR) is 117 cm³/mol. The first kappa shape index (κ1) is 23.1. The lowest BCUT2D eigenvalue weighted by molar-refractivity contribution is 0.0145. The second-order valence-corrected chi connectivity index (χ2v) is 8.60. The van der Waals surface area contributed by atoms with E-state index in [9.17, 15) is 4.79 Å². The van der Waals surface area contributed by atoms with Gasteiger partial charge in [0, 0.05) is 65.8 Å². The maximum absolute atomic E-state index is 12.1. The largest absolute Gasteiger partial charge is 0.444 e. The SMILES string of the molecule is CN=C(NCCCN1CCN(C(=O)OC(C)(C)C)CC1)N(C)Cc1cccn1C. The van der Waals surface area contributed by atoms with E-state index < -0.39 is 5.60 Å². The van der Waals surface area contributed by atoms with Gasteiger partial charge < -0.3 is 24.4 Å². The molecule has 1 aliphatic heterocycles. The van der Waals surface area contributed by atoms with Gasteiger partial charge in [0.2, 0.25) is 0 Å². The molecule has 8 nitrogen and oxygen atoms in total. The highest BCUT2D eigenvalue weighted by Crippen LogP contribution is 2.12. The van der Waals surface area contributed by atoms with Crippen LogP contribution < -0.4 is 5.32 Å². The van der Waals surface area contributed by atoms with E-state index >= 15 is 0 Å². The zero-order valence-electron chi connectivity index (χ0n) is 18.9. The summed E-state index contributed by atoms with van der Waals surface area (Å²) in [4.78, 5) is 22.9. The molecular formula is C21H38N6O2. The van der Waals surface area contributed by atoms with Crippen molar-refractivity contribution in [2.24, 2.45) is 12.0 Å². The first-order chi connectivity index (χ1) is 13.7. The summed E-state index contributed by atoms with van der Waals surface area (Å²) >= 11 is 0. The number of carbonyl (C=O) groups excluding carboxylic acids is 1. The van der Waals surface area contributed by atoms with E-state index in [2.05, 4.69) is 57.1 Å². The molecule has 1 aromatic heterocycles. The van der Waals surface area contributed by atoms with Crippen molar-refractivity contribution < 1.29 is 9.53 Å². The average Bonchev–Trinajstić information content (AvgIpc) is 3.05. The number of amides is 1. The number of nitrogens with zero attached hydrogens (tertiary/aromatic N) is 5. The number of guanidine groups is 1. The van der Waals surface area contributed by atoms with Gasteiger partial charge in [0.25, 0.3) is 0 Å². The van der Waals surface area contributed by atoms with Gasteiger partial charge in [0.15, 0.2) is 5.96 Å². The van der Waals surface area contributed by atoms with Crippen LogP contribution in [0, 0.1) is 0 Å². The summed E-state index contributed by atoms with van der Waals surface area (Å²) in [6, 6.07) is 4.18. The molecular weight excluding hydrogens is 368 g/mol. The number of nitrogens with one attached hydrogen (secondary N) is 1. The average molecular weight is 407 g/mol. The number of piperazine rings is 1. The monoisotopic (exact) mass is 406 g/mol. The van der Waals surface area contributed by atoms with Crippen LogP contribution in [0.15, 0.2) is 23.3 Å². The van der Waals surface area contributed by atoms with E-state index in [-0.39, 0.29) is 6.09 Å². The Balaban J connectivity index is 1.65. The first-order valence-corrected chi connectivity index (χ1v) is 10.4. The highest BCUT2D eigenvalue weighted by atomic mass is 16.6. The molecule has 1 fully saturated rings. The molecule has 2 rings (SSSR count). The number of ether oxygens (including phenoxy) is 1. The molecule has 0 bridgehead atoms. The Morgan fingerprint density at radius 1 is 1.28 bits per heavy atom. The van der Waals surface area contributed by atoms with Gasteiger partial charge in [-0.3, -0.25) is 9.89 Å². The van der Waals surface area contributed by atoms with E-state index in [1.165, 1.54) is 5.69 Å². The Morgan fingerprint density at radius 2 is 1.97 bits per heavy atom. The molecule has 0 unspecified atom stereocenters. The summed E-state index contributed by atoms with van der Waals surface area (Å²) in [5.41, 5.74) is 0.810. The molecule has 0 radical (unpaired) electrons. The highest BCUT2D eigenvalue weighted by molar-refractivity contribution is 5.79. The van der Waals surface area contributed by atoms with Crippen LogP contribution in [0.4, 0.5) is 4.79 Å². The van der Waals surface area contributed by atoms with Crippen molar-refractivity contribution >= 4 is 12.1 Å². The zero-order chi connectivity index (χ0) is 21.4. The van der Waals surface area contributed by atoms with Crippen LogP contribution in [0.5, 0.6) is 0 Å². The fourth-order valence-corrected chi connectivity index (χ4v) is 3.35. The van der Waals surface area contributed by atoms with Crippen LogP contribution >= 0.6 is 0 Å². The molecule has 29 heavy (non-hydrogen) atoms. The van der Waals surface area contributed by atoms with Crippen molar-refractivity contribution in [1.82, 2.24) is 24.6 Å². The molecule has 1 saturated heterocycles. The zero-order valence-corrected chi connectivity index (χ0v) is 18.9. The summed E-state index contributed by atoms with van der Waals surface area (Å²) in [7, 11) is 5.93. The molecule has 1 N–H and O–H groups in total. The van der Waals surface area contributed by atoms with E-state index in [1.807, 2.05) is 27.8 Å². The number of aryl methyl sites for hydroxylation is 1. The summed E-state index contributed by atoms with van der Waals surface area (Å²) in [6.45, 7) is 11.6. The number of aromatic nitrogens is 1. The van der Waals surface area contributed by atoms with E-state index in [0.717, 1.165) is 58.2 Å². The van der Waals surface area contributed by atoms with Crippen LogP contribution in [-0.2, 0) is 18.3 Å². The number of carbonyl (C=O) groups is 1. The summed E-state index contributed by atoms with van der Waals surface area (Å²) in [5, 5.41) is 3.45. The lowest BCUT2D eigenvalue weighted by Gasteiger charge is -2.35. The second-order valence-electron chi connectivity index (χ2n) is 8.60. The Labute approximate surface area is 175 Å². The van der Waals surface area contributed by atoms with E-state index in [1.54, 1.807) is 4.90 Å². The molecule has 0 spiro atoms. The number of hydrogen-bond acceptors (Lipinski definition) is 4. The molecule has 2 heterocycles. The molecule has 8 heteroatoms. The lowest BCUT2D eigenvalue weighted by Crippen LogP contribution is -2.50. The number of rotatable bonds is 6. The van der Waals surface area contributed by atoms with Crippen LogP contribution in [0.1, 0.15) is 32.9 Å². The Bertz CT molecular complexity index is 671. The molecule has 1 aliphatic rings. The highest BCUT2D eigenvalue weighted by Gasteiger charge is 2.25. The van der Waals surface area contributed by atoms with Gasteiger partial charge in [0.1, 0.15) is 5.60 Å². The van der Waals surface area contributed by atoms with Gasteiger partial charge in [0.05, 0.1) is 6.54 Å². The Kier molecular flexibility index (Phi) is 8.37. The number of hydrogen-bond donors (Lipinski definition) is 1. The summed E-state index contributed by atoms with van der Waals surface area (Å²) < 4.78 is 7.58. The van der Waals surface area contributed by atoms with Gasteiger partial charge in [-0.1, -0.05) is 0 Å². The van der Waals surface area contributed by atoms with Crippen LogP contribution in [0.3, 0.4) is 0 Å². The minimum Gasteiger partial charge on any atom is -0.444 e. The fraction of sp³-hybridized carbons (Fsp3) is 0.714. The van der Waals surface area contributed by atoms with E-state index in [4.69, 9.17) is 4.74 Å². The Hall–Kier alpha value is -2.22. The molecule has 1 amide bonds.